The van der Waals surface area contributed by atoms with E-state index in [9.17, 15) is 23.6 Å². The number of urea groups is 1. The van der Waals surface area contributed by atoms with Crippen molar-refractivity contribution >= 4 is 23.8 Å². The lowest BCUT2D eigenvalue weighted by atomic mass is 9.87. The number of piperidine rings is 1. The Bertz CT molecular complexity index is 836. The van der Waals surface area contributed by atoms with Crippen molar-refractivity contribution in [3.8, 4) is 0 Å². The van der Waals surface area contributed by atoms with Crippen LogP contribution >= 0.6 is 0 Å². The van der Waals surface area contributed by atoms with Gasteiger partial charge >= 0.3 is 12.0 Å². The molecule has 0 aromatic heterocycles. The monoisotopic (exact) mass is 419 g/mol. The van der Waals surface area contributed by atoms with Crippen LogP contribution in [0.2, 0.25) is 0 Å². The maximum absolute atomic E-state index is 13.3. The molecule has 2 heterocycles. The summed E-state index contributed by atoms with van der Waals surface area (Å²) in [5, 5.41) is 2.68. The predicted octanol–water partition coefficient (Wildman–Crippen LogP) is 1.78. The molecule has 0 bridgehead atoms. The van der Waals surface area contributed by atoms with E-state index in [1.807, 2.05) is 0 Å². The molecule has 1 aromatic carbocycles. The van der Waals surface area contributed by atoms with Crippen LogP contribution in [0.25, 0.3) is 0 Å². The number of hydrogen-bond donors (Lipinski definition) is 1. The van der Waals surface area contributed by atoms with Gasteiger partial charge in [0.15, 0.2) is 0 Å². The highest BCUT2D eigenvalue weighted by molar-refractivity contribution is 6.09. The van der Waals surface area contributed by atoms with Crippen molar-refractivity contribution in [3.63, 3.8) is 0 Å². The number of esters is 1. The molecule has 1 atom stereocenters. The van der Waals surface area contributed by atoms with Crippen molar-refractivity contribution in [2.24, 2.45) is 5.92 Å². The first-order valence-corrected chi connectivity index (χ1v) is 10.2. The fourth-order valence-electron chi connectivity index (χ4n) is 4.00. The Labute approximate surface area is 174 Å². The number of rotatable bonds is 6. The lowest BCUT2D eigenvalue weighted by Crippen LogP contribution is -2.47. The largest absolute Gasteiger partial charge is 0.466 e. The van der Waals surface area contributed by atoms with Gasteiger partial charge in [-0.1, -0.05) is 19.1 Å². The number of nitrogens with zero attached hydrogens (tertiary/aromatic N) is 2. The molecule has 0 saturated carbocycles. The summed E-state index contributed by atoms with van der Waals surface area (Å²) in [4.78, 5) is 52.6. The molecule has 2 aliphatic heterocycles. The minimum absolute atomic E-state index is 0.239. The third-order valence-electron chi connectivity index (χ3n) is 5.80. The Balaban J connectivity index is 1.66. The molecule has 2 fully saturated rings. The maximum atomic E-state index is 13.3. The molecule has 0 aliphatic carbocycles. The predicted molar refractivity (Wildman–Crippen MR) is 105 cm³/mol. The Morgan fingerprint density at radius 1 is 1.17 bits per heavy atom. The summed E-state index contributed by atoms with van der Waals surface area (Å²) >= 11 is 0. The number of amides is 4. The molecule has 3 rings (SSSR count). The second-order valence-corrected chi connectivity index (χ2v) is 7.49. The van der Waals surface area contributed by atoms with Gasteiger partial charge in [0.05, 0.1) is 12.5 Å². The Morgan fingerprint density at radius 2 is 1.80 bits per heavy atom. The first-order chi connectivity index (χ1) is 14.3. The van der Waals surface area contributed by atoms with Gasteiger partial charge in [-0.05, 0) is 43.9 Å². The van der Waals surface area contributed by atoms with Gasteiger partial charge in [-0.2, -0.15) is 0 Å². The number of carbonyl (C=O) groups is 4. The summed E-state index contributed by atoms with van der Waals surface area (Å²) in [5.41, 5.74) is -0.850. The van der Waals surface area contributed by atoms with Crippen LogP contribution < -0.4 is 5.32 Å². The minimum atomic E-state index is -1.32. The number of benzene rings is 1. The van der Waals surface area contributed by atoms with Crippen LogP contribution in [-0.2, 0) is 24.7 Å². The van der Waals surface area contributed by atoms with Crippen LogP contribution in [-0.4, -0.2) is 59.9 Å². The van der Waals surface area contributed by atoms with Crippen molar-refractivity contribution in [2.45, 2.75) is 38.6 Å². The van der Waals surface area contributed by atoms with Gasteiger partial charge in [0.25, 0.3) is 5.91 Å². The number of nitrogens with one attached hydrogen (secondary N) is 1. The van der Waals surface area contributed by atoms with Crippen LogP contribution in [0, 0.1) is 11.7 Å². The first-order valence-electron chi connectivity index (χ1n) is 10.2. The van der Waals surface area contributed by atoms with E-state index in [1.54, 1.807) is 18.7 Å². The third kappa shape index (κ3) is 4.01. The standard InChI is InChI=1S/C21H26FN3O5/c1-3-21(15-5-7-16(22)8-6-15)19(28)25(20(29)23-21)13-17(26)24-11-9-14(10-12-24)18(27)30-4-2/h5-8,14H,3-4,9-13H2,1-2H3,(H,23,29). The highest BCUT2D eigenvalue weighted by Gasteiger charge is 2.51. The smallest absolute Gasteiger partial charge is 0.325 e. The van der Waals surface area contributed by atoms with Crippen molar-refractivity contribution in [3.05, 3.63) is 35.6 Å². The molecule has 1 N–H and O–H groups in total. The molecule has 162 valence electrons. The maximum Gasteiger partial charge on any atom is 0.325 e. The summed E-state index contributed by atoms with van der Waals surface area (Å²) in [6.45, 7) is 4.16. The van der Waals surface area contributed by atoms with E-state index in [2.05, 4.69) is 5.32 Å². The van der Waals surface area contributed by atoms with Gasteiger partial charge in [-0.25, -0.2) is 9.18 Å². The topological polar surface area (TPSA) is 96.0 Å². The number of likely N-dealkylation sites (tertiary alicyclic amines) is 1. The zero-order valence-corrected chi connectivity index (χ0v) is 17.2. The number of halogens is 1. The van der Waals surface area contributed by atoms with E-state index in [1.165, 1.54) is 24.3 Å². The van der Waals surface area contributed by atoms with Crippen LogP contribution in [0.15, 0.2) is 24.3 Å². The van der Waals surface area contributed by atoms with Crippen molar-refractivity contribution < 1.29 is 28.3 Å². The quantitative estimate of drug-likeness (QED) is 0.560. The average Bonchev–Trinajstić information content (AvgIpc) is 2.99. The van der Waals surface area contributed by atoms with Gasteiger partial charge in [-0.3, -0.25) is 19.3 Å². The van der Waals surface area contributed by atoms with E-state index in [-0.39, 0.29) is 30.8 Å². The van der Waals surface area contributed by atoms with Crippen LogP contribution in [0.1, 0.15) is 38.7 Å². The van der Waals surface area contributed by atoms with Crippen molar-refractivity contribution in [1.82, 2.24) is 15.1 Å². The highest BCUT2D eigenvalue weighted by atomic mass is 19.1. The van der Waals surface area contributed by atoms with Crippen molar-refractivity contribution in [1.29, 1.82) is 0 Å². The molecular weight excluding hydrogens is 393 g/mol. The average molecular weight is 419 g/mol. The van der Waals surface area contributed by atoms with E-state index in [0.717, 1.165) is 4.90 Å². The second-order valence-electron chi connectivity index (χ2n) is 7.49. The normalized spacial score (nSPS) is 22.2. The Kier molecular flexibility index (Phi) is 6.38. The van der Waals surface area contributed by atoms with Gasteiger partial charge in [-0.15, -0.1) is 0 Å². The zero-order valence-electron chi connectivity index (χ0n) is 17.2. The SMILES string of the molecule is CCOC(=O)C1CCN(C(=O)CN2C(=O)NC(CC)(c3ccc(F)cc3)C2=O)CC1. The first kappa shape index (κ1) is 21.7. The van der Waals surface area contributed by atoms with E-state index in [0.29, 0.717) is 38.1 Å². The van der Waals surface area contributed by atoms with Gasteiger partial charge < -0.3 is 15.0 Å². The molecule has 1 unspecified atom stereocenters. The van der Waals surface area contributed by atoms with Gasteiger partial charge in [0.1, 0.15) is 17.9 Å². The van der Waals surface area contributed by atoms with Crippen LogP contribution in [0.3, 0.4) is 0 Å². The minimum Gasteiger partial charge on any atom is -0.466 e. The molecule has 8 nitrogen and oxygen atoms in total. The second kappa shape index (κ2) is 8.81. The number of ether oxygens (including phenoxy) is 1. The van der Waals surface area contributed by atoms with Crippen LogP contribution in [0.5, 0.6) is 0 Å². The number of carbonyl (C=O) groups excluding carboxylic acids is 4. The molecule has 0 radical (unpaired) electrons. The van der Waals surface area contributed by atoms with E-state index in [4.69, 9.17) is 4.74 Å². The lowest BCUT2D eigenvalue weighted by molar-refractivity contribution is -0.151. The van der Waals surface area contributed by atoms with Gasteiger partial charge in [0.2, 0.25) is 5.91 Å². The molecule has 1 aromatic rings. The summed E-state index contributed by atoms with van der Waals surface area (Å²) in [6.07, 6.45) is 1.23. The van der Waals surface area contributed by atoms with E-state index < -0.39 is 23.3 Å². The molecule has 30 heavy (non-hydrogen) atoms. The molecule has 2 saturated heterocycles. The number of imide groups is 1. The summed E-state index contributed by atoms with van der Waals surface area (Å²) in [5.74, 6) is -1.83. The summed E-state index contributed by atoms with van der Waals surface area (Å²) in [6, 6.07) is 4.73. The highest BCUT2D eigenvalue weighted by Crippen LogP contribution is 2.32. The zero-order chi connectivity index (χ0) is 21.9. The van der Waals surface area contributed by atoms with Crippen LogP contribution in [0.4, 0.5) is 9.18 Å². The molecule has 0 spiro atoms. The fourth-order valence-corrected chi connectivity index (χ4v) is 4.00. The lowest BCUT2D eigenvalue weighted by Gasteiger charge is -2.32. The molecular formula is C21H26FN3O5. The molecule has 2 aliphatic rings. The third-order valence-corrected chi connectivity index (χ3v) is 5.80. The van der Waals surface area contributed by atoms with E-state index >= 15 is 0 Å². The summed E-state index contributed by atoms with van der Waals surface area (Å²) in [7, 11) is 0. The summed E-state index contributed by atoms with van der Waals surface area (Å²) < 4.78 is 18.3. The molecule has 9 heteroatoms. The number of hydrogen-bond acceptors (Lipinski definition) is 5. The Morgan fingerprint density at radius 3 is 2.37 bits per heavy atom. The van der Waals surface area contributed by atoms with Crippen molar-refractivity contribution in [2.75, 3.05) is 26.2 Å². The van der Waals surface area contributed by atoms with Gasteiger partial charge in [0, 0.05) is 13.1 Å². The Hall–Kier alpha value is -2.97. The molecule has 4 amide bonds. The fraction of sp³-hybridized carbons (Fsp3) is 0.524.